The van der Waals surface area contributed by atoms with Gasteiger partial charge in [0, 0.05) is 27.4 Å². The molecule has 0 amide bonds. The minimum absolute atomic E-state index is 0.0486. The second kappa shape index (κ2) is 8.96. The highest BCUT2D eigenvalue weighted by Crippen LogP contribution is 2.33. The van der Waals surface area contributed by atoms with Crippen molar-refractivity contribution in [2.75, 3.05) is 0 Å². The van der Waals surface area contributed by atoms with Gasteiger partial charge in [-0.3, -0.25) is 4.99 Å². The van der Waals surface area contributed by atoms with Gasteiger partial charge in [0.05, 0.1) is 22.3 Å². The average Bonchev–Trinajstić information content (AvgIpc) is 2.69. The van der Waals surface area contributed by atoms with Crippen LogP contribution in [0.15, 0.2) is 70.6 Å². The van der Waals surface area contributed by atoms with E-state index >= 15 is 0 Å². The fraction of sp³-hybridized carbons (Fsp3) is 0.0476. The van der Waals surface area contributed by atoms with Gasteiger partial charge in [-0.15, -0.1) is 11.8 Å². The molecule has 0 saturated heterocycles. The van der Waals surface area contributed by atoms with E-state index in [0.29, 0.717) is 16.1 Å². The molecule has 0 unspecified atom stereocenters. The molecule has 3 aromatic carbocycles. The van der Waals surface area contributed by atoms with Crippen molar-refractivity contribution in [1.29, 1.82) is 5.26 Å². The normalized spacial score (nSPS) is 10.9. The summed E-state index contributed by atoms with van der Waals surface area (Å²) in [5.41, 5.74) is 3.01. The molecule has 134 valence electrons. The van der Waals surface area contributed by atoms with Gasteiger partial charge >= 0.3 is 0 Å². The molecule has 0 aliphatic rings. The van der Waals surface area contributed by atoms with Crippen LogP contribution in [0.3, 0.4) is 0 Å². The molecule has 6 heteroatoms. The number of thioether (sulfide) groups is 1. The third-order valence-corrected chi connectivity index (χ3v) is 5.38. The highest BCUT2D eigenvalue weighted by Gasteiger charge is 2.07. The largest absolute Gasteiger partial charge is 0.506 e. The van der Waals surface area contributed by atoms with Gasteiger partial charge in [-0.2, -0.15) is 5.26 Å². The second-order valence-electron chi connectivity index (χ2n) is 5.65. The number of rotatable bonds is 5. The van der Waals surface area contributed by atoms with E-state index in [1.54, 1.807) is 24.0 Å². The monoisotopic (exact) mass is 412 g/mol. The number of nitriles is 1. The van der Waals surface area contributed by atoms with Gasteiger partial charge in [0.25, 0.3) is 0 Å². The maximum atomic E-state index is 10.1. The molecule has 0 aliphatic heterocycles. The van der Waals surface area contributed by atoms with Gasteiger partial charge in [0.2, 0.25) is 0 Å². The second-order valence-corrected chi connectivity index (χ2v) is 7.51. The number of aromatic hydroxyl groups is 1. The molecule has 3 nitrogen and oxygen atoms in total. The van der Waals surface area contributed by atoms with Crippen molar-refractivity contribution in [3.8, 4) is 11.8 Å². The average molecular weight is 413 g/mol. The molecule has 1 N–H and O–H groups in total. The van der Waals surface area contributed by atoms with Crippen LogP contribution < -0.4 is 0 Å². The Morgan fingerprint density at radius 3 is 2.56 bits per heavy atom. The molecule has 0 fully saturated rings. The Kier molecular flexibility index (Phi) is 6.41. The van der Waals surface area contributed by atoms with E-state index in [4.69, 9.17) is 28.5 Å². The number of nitrogens with zero attached hydrogens (tertiary/aromatic N) is 2. The van der Waals surface area contributed by atoms with E-state index in [1.165, 1.54) is 6.07 Å². The van der Waals surface area contributed by atoms with E-state index in [2.05, 4.69) is 11.1 Å². The molecule has 27 heavy (non-hydrogen) atoms. The number of hydrogen-bond acceptors (Lipinski definition) is 4. The van der Waals surface area contributed by atoms with Gasteiger partial charge in [-0.25, -0.2) is 0 Å². The van der Waals surface area contributed by atoms with E-state index in [-0.39, 0.29) is 10.8 Å². The number of para-hydroxylation sites is 1. The lowest BCUT2D eigenvalue weighted by atomic mass is 10.2. The first-order valence-corrected chi connectivity index (χ1v) is 9.74. The van der Waals surface area contributed by atoms with Crippen molar-refractivity contribution >= 4 is 46.9 Å². The summed E-state index contributed by atoms with van der Waals surface area (Å²) < 4.78 is 0. The molecule has 0 atom stereocenters. The first-order chi connectivity index (χ1) is 13.1. The highest BCUT2D eigenvalue weighted by atomic mass is 35.5. The van der Waals surface area contributed by atoms with Crippen molar-refractivity contribution in [3.05, 3.63) is 87.4 Å². The molecule has 0 heterocycles. The number of phenolic OH excluding ortho intramolecular Hbond substituents is 1. The minimum atomic E-state index is -0.0486. The molecular formula is C21H14Cl2N2OS. The third-order valence-electron chi connectivity index (χ3n) is 3.74. The molecule has 0 bridgehead atoms. The number of benzene rings is 3. The summed E-state index contributed by atoms with van der Waals surface area (Å²) in [5, 5.41) is 19.5. The van der Waals surface area contributed by atoms with E-state index < -0.39 is 0 Å². The zero-order valence-corrected chi connectivity index (χ0v) is 16.4. The van der Waals surface area contributed by atoms with Crippen LogP contribution in [0, 0.1) is 11.3 Å². The third kappa shape index (κ3) is 5.05. The summed E-state index contributed by atoms with van der Waals surface area (Å²) in [6, 6.07) is 20.5. The fourth-order valence-electron chi connectivity index (χ4n) is 2.35. The number of phenols is 1. The van der Waals surface area contributed by atoms with Crippen LogP contribution in [0.25, 0.3) is 0 Å². The first kappa shape index (κ1) is 19.3. The summed E-state index contributed by atoms with van der Waals surface area (Å²) >= 11 is 13.6. The Labute approximate surface area is 171 Å². The van der Waals surface area contributed by atoms with Crippen LogP contribution >= 0.6 is 35.0 Å². The smallest absolute Gasteiger partial charge is 0.143 e. The number of hydrogen-bond donors (Lipinski definition) is 1. The van der Waals surface area contributed by atoms with Crippen LogP contribution in [0.4, 0.5) is 5.69 Å². The standard InChI is InChI=1S/C21H14Cl2N2OS/c22-17-9-16(21(26)18(23)10-17)12-25-19-3-1-2-4-20(19)27-13-15-7-5-14(11-24)6-8-15/h1-10,12,26H,13H2. The maximum Gasteiger partial charge on any atom is 0.143 e. The van der Waals surface area contributed by atoms with Gasteiger partial charge in [0.15, 0.2) is 0 Å². The summed E-state index contributed by atoms with van der Waals surface area (Å²) in [6.07, 6.45) is 1.55. The Bertz CT molecular complexity index is 1030. The number of aliphatic imine (C=N–C) groups is 1. The molecule has 0 aliphatic carbocycles. The molecule has 0 saturated carbocycles. The lowest BCUT2D eigenvalue weighted by Gasteiger charge is -2.06. The Morgan fingerprint density at radius 1 is 1.07 bits per heavy atom. The first-order valence-electron chi connectivity index (χ1n) is 8.00. The Balaban J connectivity index is 1.79. The van der Waals surface area contributed by atoms with Crippen LogP contribution in [-0.4, -0.2) is 11.3 Å². The predicted molar refractivity (Wildman–Crippen MR) is 113 cm³/mol. The summed E-state index contributed by atoms with van der Waals surface area (Å²) in [6.45, 7) is 0. The van der Waals surface area contributed by atoms with Crippen molar-refractivity contribution in [1.82, 2.24) is 0 Å². The van der Waals surface area contributed by atoms with Gasteiger partial charge in [-0.05, 0) is 42.0 Å². The fourth-order valence-corrected chi connectivity index (χ4v) is 3.81. The van der Waals surface area contributed by atoms with Crippen LogP contribution in [0.5, 0.6) is 5.75 Å². The minimum Gasteiger partial charge on any atom is -0.506 e. The Hall–Kier alpha value is -2.45. The van der Waals surface area contributed by atoms with Crippen molar-refractivity contribution < 1.29 is 5.11 Å². The molecular weight excluding hydrogens is 399 g/mol. The van der Waals surface area contributed by atoms with Crippen molar-refractivity contribution in [3.63, 3.8) is 0 Å². The Morgan fingerprint density at radius 2 is 1.81 bits per heavy atom. The van der Waals surface area contributed by atoms with Gasteiger partial charge in [-0.1, -0.05) is 47.5 Å². The zero-order valence-electron chi connectivity index (χ0n) is 14.1. The van der Waals surface area contributed by atoms with Crippen molar-refractivity contribution in [2.45, 2.75) is 10.6 Å². The number of halogens is 2. The van der Waals surface area contributed by atoms with Gasteiger partial charge in [0.1, 0.15) is 5.75 Å². The lowest BCUT2D eigenvalue weighted by molar-refractivity contribution is 0.475. The van der Waals surface area contributed by atoms with Crippen LogP contribution in [-0.2, 0) is 5.75 Å². The zero-order chi connectivity index (χ0) is 19.2. The maximum absolute atomic E-state index is 10.1. The van der Waals surface area contributed by atoms with E-state index in [0.717, 1.165) is 21.9 Å². The molecule has 3 aromatic rings. The molecule has 0 spiro atoms. The predicted octanol–water partition coefficient (Wildman–Crippen LogP) is 6.61. The highest BCUT2D eigenvalue weighted by molar-refractivity contribution is 7.98. The van der Waals surface area contributed by atoms with Crippen molar-refractivity contribution in [2.24, 2.45) is 4.99 Å². The van der Waals surface area contributed by atoms with Gasteiger partial charge < -0.3 is 5.11 Å². The molecule has 0 aromatic heterocycles. The summed E-state index contributed by atoms with van der Waals surface area (Å²) in [5.74, 6) is 0.708. The molecule has 0 radical (unpaired) electrons. The van der Waals surface area contributed by atoms with Crippen LogP contribution in [0.1, 0.15) is 16.7 Å². The summed E-state index contributed by atoms with van der Waals surface area (Å²) in [4.78, 5) is 5.50. The topological polar surface area (TPSA) is 56.4 Å². The summed E-state index contributed by atoms with van der Waals surface area (Å²) in [7, 11) is 0. The lowest BCUT2D eigenvalue weighted by Crippen LogP contribution is -1.85. The van der Waals surface area contributed by atoms with E-state index in [1.807, 2.05) is 48.5 Å². The SMILES string of the molecule is N#Cc1ccc(CSc2ccccc2N=Cc2cc(Cl)cc(Cl)c2O)cc1. The molecule has 3 rings (SSSR count). The van der Waals surface area contributed by atoms with E-state index in [9.17, 15) is 5.11 Å². The van der Waals surface area contributed by atoms with Crippen LogP contribution in [0.2, 0.25) is 10.0 Å². The quantitative estimate of drug-likeness (QED) is 0.378.